The lowest BCUT2D eigenvalue weighted by Gasteiger charge is -1.97. The van der Waals surface area contributed by atoms with Gasteiger partial charge in [-0.3, -0.25) is 9.59 Å². The SMILES string of the molecule is COC(=O)CC(=O)c1ccoc1C. The minimum atomic E-state index is -0.536. The van der Waals surface area contributed by atoms with Crippen LogP contribution in [0.1, 0.15) is 22.5 Å². The van der Waals surface area contributed by atoms with Gasteiger partial charge in [-0.05, 0) is 13.0 Å². The van der Waals surface area contributed by atoms with E-state index < -0.39 is 5.97 Å². The Balaban J connectivity index is 2.69. The second kappa shape index (κ2) is 3.89. The minimum absolute atomic E-state index is 0.239. The van der Waals surface area contributed by atoms with Gasteiger partial charge in [-0.1, -0.05) is 0 Å². The highest BCUT2D eigenvalue weighted by molar-refractivity contribution is 6.06. The van der Waals surface area contributed by atoms with Crippen molar-refractivity contribution < 1.29 is 18.7 Å². The van der Waals surface area contributed by atoms with Crippen LogP contribution in [-0.4, -0.2) is 18.9 Å². The zero-order valence-corrected chi connectivity index (χ0v) is 7.49. The van der Waals surface area contributed by atoms with E-state index in [-0.39, 0.29) is 12.2 Å². The molecule has 0 aliphatic rings. The number of hydrogen-bond donors (Lipinski definition) is 0. The van der Waals surface area contributed by atoms with Crippen molar-refractivity contribution in [1.29, 1.82) is 0 Å². The Morgan fingerprint density at radius 2 is 2.23 bits per heavy atom. The summed E-state index contributed by atoms with van der Waals surface area (Å²) in [6, 6.07) is 1.54. The lowest BCUT2D eigenvalue weighted by Crippen LogP contribution is -2.09. The number of furan rings is 1. The lowest BCUT2D eigenvalue weighted by atomic mass is 10.1. The zero-order chi connectivity index (χ0) is 9.84. The number of esters is 1. The maximum atomic E-state index is 11.3. The van der Waals surface area contributed by atoms with Crippen LogP contribution in [0.5, 0.6) is 0 Å². The first-order valence-electron chi connectivity index (χ1n) is 3.79. The second-order valence-electron chi connectivity index (χ2n) is 2.57. The molecule has 0 bridgehead atoms. The summed E-state index contributed by atoms with van der Waals surface area (Å²) < 4.78 is 9.30. The smallest absolute Gasteiger partial charge is 0.313 e. The van der Waals surface area contributed by atoms with Crippen LogP contribution in [0.4, 0.5) is 0 Å². The number of carbonyl (C=O) groups excluding carboxylic acids is 2. The van der Waals surface area contributed by atoms with E-state index in [0.29, 0.717) is 11.3 Å². The van der Waals surface area contributed by atoms with Gasteiger partial charge < -0.3 is 9.15 Å². The Bertz CT molecular complexity index is 324. The molecule has 0 aliphatic heterocycles. The molecule has 70 valence electrons. The maximum absolute atomic E-state index is 11.3. The van der Waals surface area contributed by atoms with E-state index in [0.717, 1.165) is 0 Å². The van der Waals surface area contributed by atoms with Crippen molar-refractivity contribution in [2.45, 2.75) is 13.3 Å². The lowest BCUT2D eigenvalue weighted by molar-refractivity contribution is -0.139. The molecule has 0 aliphatic carbocycles. The molecule has 0 amide bonds. The summed E-state index contributed by atoms with van der Waals surface area (Å²) in [7, 11) is 1.25. The van der Waals surface area contributed by atoms with Gasteiger partial charge >= 0.3 is 5.97 Å². The molecule has 0 N–H and O–H groups in total. The first kappa shape index (κ1) is 9.51. The molecule has 4 heteroatoms. The summed E-state index contributed by atoms with van der Waals surface area (Å²) in [5.74, 6) is -0.294. The van der Waals surface area contributed by atoms with Crippen LogP contribution in [0.2, 0.25) is 0 Å². The normalized spacial score (nSPS) is 9.69. The molecule has 0 atom stereocenters. The third kappa shape index (κ3) is 2.18. The molecule has 0 spiro atoms. The molecule has 0 saturated heterocycles. The summed E-state index contributed by atoms with van der Waals surface area (Å²) in [4.78, 5) is 22.1. The topological polar surface area (TPSA) is 56.5 Å². The number of hydrogen-bond acceptors (Lipinski definition) is 4. The highest BCUT2D eigenvalue weighted by Gasteiger charge is 2.15. The second-order valence-corrected chi connectivity index (χ2v) is 2.57. The molecule has 1 rings (SSSR count). The third-order valence-electron chi connectivity index (χ3n) is 1.69. The van der Waals surface area contributed by atoms with Gasteiger partial charge in [0.05, 0.1) is 18.9 Å². The highest BCUT2D eigenvalue weighted by atomic mass is 16.5. The van der Waals surface area contributed by atoms with Crippen molar-refractivity contribution in [3.63, 3.8) is 0 Å². The van der Waals surface area contributed by atoms with E-state index in [1.165, 1.54) is 13.4 Å². The van der Waals surface area contributed by atoms with E-state index in [1.807, 2.05) is 0 Å². The Labute approximate surface area is 75.5 Å². The van der Waals surface area contributed by atoms with Crippen LogP contribution >= 0.6 is 0 Å². The average Bonchev–Trinajstić information content (AvgIpc) is 2.51. The molecule has 1 aromatic heterocycles. The van der Waals surface area contributed by atoms with E-state index in [4.69, 9.17) is 4.42 Å². The third-order valence-corrected chi connectivity index (χ3v) is 1.69. The number of methoxy groups -OCH3 is 1. The average molecular weight is 182 g/mol. The standard InChI is InChI=1S/C9H10O4/c1-6-7(3-4-13-6)8(10)5-9(11)12-2/h3-4H,5H2,1-2H3. The fourth-order valence-electron chi connectivity index (χ4n) is 0.973. The van der Waals surface area contributed by atoms with Gasteiger partial charge in [0, 0.05) is 0 Å². The number of ketones is 1. The van der Waals surface area contributed by atoms with Crippen LogP contribution in [0.25, 0.3) is 0 Å². The Morgan fingerprint density at radius 3 is 2.69 bits per heavy atom. The predicted octanol–water partition coefficient (Wildman–Crippen LogP) is 1.33. The largest absolute Gasteiger partial charge is 0.469 e. The van der Waals surface area contributed by atoms with Crippen LogP contribution in [0.3, 0.4) is 0 Å². The van der Waals surface area contributed by atoms with E-state index in [1.54, 1.807) is 13.0 Å². The van der Waals surface area contributed by atoms with Gasteiger partial charge in [0.1, 0.15) is 12.2 Å². The zero-order valence-electron chi connectivity index (χ0n) is 7.49. The van der Waals surface area contributed by atoms with Crippen molar-refractivity contribution in [2.75, 3.05) is 7.11 Å². The number of ether oxygens (including phenoxy) is 1. The monoisotopic (exact) mass is 182 g/mol. The number of carbonyl (C=O) groups is 2. The van der Waals surface area contributed by atoms with Gasteiger partial charge in [-0.2, -0.15) is 0 Å². The van der Waals surface area contributed by atoms with Gasteiger partial charge in [0.15, 0.2) is 5.78 Å². The molecular weight excluding hydrogens is 172 g/mol. The van der Waals surface area contributed by atoms with E-state index >= 15 is 0 Å². The summed E-state index contributed by atoms with van der Waals surface area (Å²) in [6.07, 6.45) is 1.18. The van der Waals surface area contributed by atoms with Crippen molar-refractivity contribution in [3.8, 4) is 0 Å². The van der Waals surface area contributed by atoms with Crippen molar-refractivity contribution in [2.24, 2.45) is 0 Å². The number of rotatable bonds is 3. The Hall–Kier alpha value is -1.58. The quantitative estimate of drug-likeness (QED) is 0.402. The molecule has 0 saturated carbocycles. The molecule has 4 nitrogen and oxygen atoms in total. The summed E-state index contributed by atoms with van der Waals surface area (Å²) >= 11 is 0. The van der Waals surface area contributed by atoms with Gasteiger partial charge in [0.25, 0.3) is 0 Å². The molecule has 0 unspecified atom stereocenters. The van der Waals surface area contributed by atoms with Crippen molar-refractivity contribution in [1.82, 2.24) is 0 Å². The summed E-state index contributed by atoms with van der Waals surface area (Å²) in [5.41, 5.74) is 0.436. The Morgan fingerprint density at radius 1 is 1.54 bits per heavy atom. The van der Waals surface area contributed by atoms with Crippen LogP contribution in [0.15, 0.2) is 16.7 Å². The first-order valence-corrected chi connectivity index (χ1v) is 3.79. The van der Waals surface area contributed by atoms with Crippen molar-refractivity contribution >= 4 is 11.8 Å². The molecule has 1 heterocycles. The summed E-state index contributed by atoms with van der Waals surface area (Å²) in [6.45, 7) is 1.67. The maximum Gasteiger partial charge on any atom is 0.313 e. The number of Topliss-reactive ketones (excluding diaryl/α,β-unsaturated/α-hetero) is 1. The van der Waals surface area contributed by atoms with Gasteiger partial charge in [0.2, 0.25) is 0 Å². The van der Waals surface area contributed by atoms with Gasteiger partial charge in [-0.25, -0.2) is 0 Å². The summed E-state index contributed by atoms with van der Waals surface area (Å²) in [5, 5.41) is 0. The van der Waals surface area contributed by atoms with Crippen LogP contribution < -0.4 is 0 Å². The predicted molar refractivity (Wildman–Crippen MR) is 44.4 cm³/mol. The van der Waals surface area contributed by atoms with Crippen molar-refractivity contribution in [3.05, 3.63) is 23.7 Å². The molecular formula is C9H10O4. The van der Waals surface area contributed by atoms with Crippen LogP contribution in [0, 0.1) is 6.92 Å². The fraction of sp³-hybridized carbons (Fsp3) is 0.333. The van der Waals surface area contributed by atoms with Crippen LogP contribution in [-0.2, 0) is 9.53 Å². The van der Waals surface area contributed by atoms with Gasteiger partial charge in [-0.15, -0.1) is 0 Å². The molecule has 13 heavy (non-hydrogen) atoms. The molecule has 0 radical (unpaired) electrons. The Kier molecular flexibility index (Phi) is 2.84. The van der Waals surface area contributed by atoms with E-state index in [9.17, 15) is 9.59 Å². The highest BCUT2D eigenvalue weighted by Crippen LogP contribution is 2.11. The molecule has 1 aromatic rings. The fourth-order valence-corrected chi connectivity index (χ4v) is 0.973. The number of aryl methyl sites for hydroxylation is 1. The minimum Gasteiger partial charge on any atom is -0.469 e. The first-order chi connectivity index (χ1) is 6.15. The molecule has 0 aromatic carbocycles. The molecule has 0 fully saturated rings. The van der Waals surface area contributed by atoms with E-state index in [2.05, 4.69) is 4.74 Å².